The third kappa shape index (κ3) is 4.74. The maximum atomic E-state index is 12.3. The molecule has 1 fully saturated rings. The number of hydrogen-bond donors (Lipinski definition) is 0. The minimum atomic E-state index is -2.95. The zero-order valence-electron chi connectivity index (χ0n) is 14.0. The van der Waals surface area contributed by atoms with Crippen LogP contribution in [0.1, 0.15) is 37.9 Å². The molecule has 0 bridgehead atoms. The lowest BCUT2D eigenvalue weighted by Crippen LogP contribution is -2.41. The van der Waals surface area contributed by atoms with Gasteiger partial charge in [-0.05, 0) is 13.5 Å². The fourth-order valence-corrected chi connectivity index (χ4v) is 4.25. The first kappa shape index (κ1) is 17.9. The van der Waals surface area contributed by atoms with Crippen molar-refractivity contribution in [1.82, 2.24) is 19.9 Å². The maximum absolute atomic E-state index is 12.3. The molecule has 8 nitrogen and oxygen atoms in total. The molecule has 1 aromatic heterocycles. The van der Waals surface area contributed by atoms with E-state index in [1.54, 1.807) is 19.0 Å². The molecular formula is C14H24N4O4S. The van der Waals surface area contributed by atoms with Crippen LogP contribution in [0.15, 0.2) is 4.52 Å². The van der Waals surface area contributed by atoms with Gasteiger partial charge in [-0.2, -0.15) is 4.98 Å². The van der Waals surface area contributed by atoms with E-state index in [9.17, 15) is 13.2 Å². The Hall–Kier alpha value is -1.48. The van der Waals surface area contributed by atoms with E-state index in [2.05, 4.69) is 10.1 Å². The number of aromatic nitrogens is 2. The lowest BCUT2D eigenvalue weighted by molar-refractivity contribution is -0.132. The second kappa shape index (κ2) is 6.96. The van der Waals surface area contributed by atoms with Crippen LogP contribution in [0.3, 0.4) is 0 Å². The lowest BCUT2D eigenvalue weighted by Gasteiger charge is -2.24. The van der Waals surface area contributed by atoms with Crippen LogP contribution < -0.4 is 0 Å². The van der Waals surface area contributed by atoms with Gasteiger partial charge in [-0.25, -0.2) is 8.42 Å². The fourth-order valence-electron chi connectivity index (χ4n) is 2.44. The topological polar surface area (TPSA) is 96.6 Å². The van der Waals surface area contributed by atoms with Crippen molar-refractivity contribution in [1.29, 1.82) is 0 Å². The first-order valence-electron chi connectivity index (χ1n) is 7.65. The molecule has 1 unspecified atom stereocenters. The zero-order chi connectivity index (χ0) is 17.2. The van der Waals surface area contributed by atoms with E-state index in [1.165, 1.54) is 4.90 Å². The zero-order valence-corrected chi connectivity index (χ0v) is 14.8. The highest BCUT2D eigenvalue weighted by Gasteiger charge is 2.31. The number of carbonyl (C=O) groups is 1. The predicted octanol–water partition coefficient (Wildman–Crippen LogP) is 0.270. The van der Waals surface area contributed by atoms with E-state index in [0.717, 1.165) is 0 Å². The number of nitrogens with zero attached hydrogens (tertiary/aromatic N) is 4. The average Bonchev–Trinajstić information content (AvgIpc) is 3.05. The number of carbonyl (C=O) groups excluding carboxylic acids is 1. The van der Waals surface area contributed by atoms with Gasteiger partial charge in [-0.15, -0.1) is 0 Å². The number of sulfone groups is 1. The van der Waals surface area contributed by atoms with Gasteiger partial charge in [0.15, 0.2) is 15.7 Å². The van der Waals surface area contributed by atoms with Crippen molar-refractivity contribution in [2.45, 2.75) is 38.8 Å². The number of amides is 1. The van der Waals surface area contributed by atoms with Gasteiger partial charge in [0, 0.05) is 19.0 Å². The molecule has 9 heteroatoms. The van der Waals surface area contributed by atoms with Crippen molar-refractivity contribution in [3.05, 3.63) is 11.7 Å². The van der Waals surface area contributed by atoms with Crippen molar-refractivity contribution in [2.75, 3.05) is 32.1 Å². The molecule has 0 radical (unpaired) electrons. The van der Waals surface area contributed by atoms with E-state index < -0.39 is 9.84 Å². The van der Waals surface area contributed by atoms with E-state index in [-0.39, 0.29) is 42.5 Å². The van der Waals surface area contributed by atoms with Crippen molar-refractivity contribution in [3.8, 4) is 0 Å². The molecule has 1 aliphatic rings. The van der Waals surface area contributed by atoms with E-state index >= 15 is 0 Å². The smallest absolute Gasteiger partial charge is 0.246 e. The quantitative estimate of drug-likeness (QED) is 0.731. The highest BCUT2D eigenvalue weighted by atomic mass is 32.2. The Morgan fingerprint density at radius 1 is 1.39 bits per heavy atom. The van der Waals surface area contributed by atoms with Gasteiger partial charge in [0.1, 0.15) is 0 Å². The summed E-state index contributed by atoms with van der Waals surface area (Å²) in [6.45, 7) is 4.35. The molecule has 1 saturated heterocycles. The predicted molar refractivity (Wildman–Crippen MR) is 84.5 cm³/mol. The maximum Gasteiger partial charge on any atom is 0.246 e. The Kier molecular flexibility index (Phi) is 5.41. The Morgan fingerprint density at radius 2 is 2.09 bits per heavy atom. The molecule has 1 amide bonds. The molecule has 2 heterocycles. The molecule has 0 aromatic carbocycles. The molecular weight excluding hydrogens is 320 g/mol. The second-order valence-electron chi connectivity index (χ2n) is 6.42. The van der Waals surface area contributed by atoms with Crippen LogP contribution in [0.25, 0.3) is 0 Å². The third-order valence-corrected chi connectivity index (χ3v) is 5.77. The average molecular weight is 344 g/mol. The van der Waals surface area contributed by atoms with Crippen LogP contribution in [-0.4, -0.2) is 72.5 Å². The molecule has 1 aromatic rings. The summed E-state index contributed by atoms with van der Waals surface area (Å²) in [6.07, 6.45) is 0.581. The van der Waals surface area contributed by atoms with Crippen LogP contribution >= 0.6 is 0 Å². The highest BCUT2D eigenvalue weighted by Crippen LogP contribution is 2.16. The summed E-state index contributed by atoms with van der Waals surface area (Å²) in [6, 6.07) is -0.0895. The Labute approximate surface area is 136 Å². The highest BCUT2D eigenvalue weighted by molar-refractivity contribution is 7.91. The summed E-state index contributed by atoms with van der Waals surface area (Å²) in [5, 5.41) is 3.87. The van der Waals surface area contributed by atoms with Gasteiger partial charge in [-0.3, -0.25) is 9.69 Å². The Bertz CT molecular complexity index is 655. The molecule has 1 aliphatic heterocycles. The number of hydrogen-bond acceptors (Lipinski definition) is 7. The first-order chi connectivity index (χ1) is 10.7. The monoisotopic (exact) mass is 344 g/mol. The van der Waals surface area contributed by atoms with Gasteiger partial charge < -0.3 is 9.42 Å². The van der Waals surface area contributed by atoms with Crippen LogP contribution in [0, 0.1) is 0 Å². The van der Waals surface area contributed by atoms with E-state index in [0.29, 0.717) is 18.1 Å². The minimum absolute atomic E-state index is 0.0895. The van der Waals surface area contributed by atoms with Gasteiger partial charge in [0.2, 0.25) is 11.8 Å². The molecule has 1 atom stereocenters. The van der Waals surface area contributed by atoms with Crippen molar-refractivity contribution >= 4 is 15.7 Å². The molecule has 0 spiro atoms. The van der Waals surface area contributed by atoms with Crippen LogP contribution in [0.4, 0.5) is 0 Å². The molecule has 2 rings (SSSR count). The summed E-state index contributed by atoms with van der Waals surface area (Å²) in [4.78, 5) is 19.8. The summed E-state index contributed by atoms with van der Waals surface area (Å²) < 4.78 is 28.2. The van der Waals surface area contributed by atoms with Gasteiger partial charge in [0.25, 0.3) is 0 Å². The summed E-state index contributed by atoms with van der Waals surface area (Å²) in [5.41, 5.74) is 0. The molecule has 23 heavy (non-hydrogen) atoms. The van der Waals surface area contributed by atoms with Crippen LogP contribution in [0.2, 0.25) is 0 Å². The molecule has 0 N–H and O–H groups in total. The third-order valence-electron chi connectivity index (χ3n) is 4.01. The summed E-state index contributed by atoms with van der Waals surface area (Å²) >= 11 is 0. The Morgan fingerprint density at radius 3 is 2.61 bits per heavy atom. The van der Waals surface area contributed by atoms with Crippen molar-refractivity contribution < 1.29 is 17.7 Å². The molecule has 0 aliphatic carbocycles. The normalized spacial score (nSPS) is 20.3. The van der Waals surface area contributed by atoms with E-state index in [1.807, 2.05) is 13.8 Å². The Balaban J connectivity index is 1.87. The van der Waals surface area contributed by atoms with E-state index in [4.69, 9.17) is 4.52 Å². The summed E-state index contributed by atoms with van der Waals surface area (Å²) in [7, 11) is 0.496. The van der Waals surface area contributed by atoms with Crippen LogP contribution in [-0.2, 0) is 21.2 Å². The molecule has 0 saturated carbocycles. The standard InChI is InChI=1S/C14H24N4O4S/c1-10(2)14-15-12(22-16-14)7-18(4)13(19)8-17(3)11-5-6-23(20,21)9-11/h10-11H,5-9H2,1-4H3. The minimum Gasteiger partial charge on any atom is -0.337 e. The van der Waals surface area contributed by atoms with Crippen molar-refractivity contribution in [2.24, 2.45) is 0 Å². The SMILES string of the molecule is CC(C)c1noc(CN(C)C(=O)CN(C)C2CCS(=O)(=O)C2)n1. The van der Waals surface area contributed by atoms with Gasteiger partial charge in [0.05, 0.1) is 24.6 Å². The fraction of sp³-hybridized carbons (Fsp3) is 0.786. The first-order valence-corrected chi connectivity index (χ1v) is 9.47. The largest absolute Gasteiger partial charge is 0.337 e. The lowest BCUT2D eigenvalue weighted by atomic mass is 10.2. The van der Waals surface area contributed by atoms with Crippen LogP contribution in [0.5, 0.6) is 0 Å². The molecule has 130 valence electrons. The second-order valence-corrected chi connectivity index (χ2v) is 8.65. The summed E-state index contributed by atoms with van der Waals surface area (Å²) in [5.74, 6) is 1.41. The van der Waals surface area contributed by atoms with Crippen molar-refractivity contribution in [3.63, 3.8) is 0 Å². The van der Waals surface area contributed by atoms with Gasteiger partial charge >= 0.3 is 0 Å². The number of likely N-dealkylation sites (N-methyl/N-ethyl adjacent to an activating group) is 2. The van der Waals surface area contributed by atoms with Gasteiger partial charge in [-0.1, -0.05) is 19.0 Å². The number of rotatable bonds is 6.